The Morgan fingerprint density at radius 1 is 1.03 bits per heavy atom. The van der Waals surface area contributed by atoms with Gasteiger partial charge in [0.15, 0.2) is 18.8 Å². The minimum Gasteiger partial charge on any atom is -0.394 e. The van der Waals surface area contributed by atoms with Crippen LogP contribution in [0.25, 0.3) is 0 Å². The molecule has 3 rings (SSSR count). The Hall–Kier alpha value is -1.12. The first-order chi connectivity index (χ1) is 18.0. The van der Waals surface area contributed by atoms with Gasteiger partial charge in [0.2, 0.25) is 5.91 Å². The van der Waals surface area contributed by atoms with Gasteiger partial charge in [-0.3, -0.25) is 4.79 Å². The van der Waals surface area contributed by atoms with Crippen molar-refractivity contribution in [2.24, 2.45) is 28.7 Å². The van der Waals surface area contributed by atoms with Crippen LogP contribution >= 0.6 is 0 Å². The predicted molar refractivity (Wildman–Crippen MR) is 130 cm³/mol. The number of carbonyl (C=O) groups is 1. The van der Waals surface area contributed by atoms with E-state index in [-0.39, 0.29) is 32.0 Å². The van der Waals surface area contributed by atoms with Gasteiger partial charge in [0.05, 0.1) is 30.8 Å². The molecule has 14 atom stereocenters. The van der Waals surface area contributed by atoms with Crippen LogP contribution in [-0.4, -0.2) is 132 Å². The molecule has 2 heterocycles. The van der Waals surface area contributed by atoms with Crippen molar-refractivity contribution in [3.8, 4) is 0 Å². The molecule has 0 aromatic heterocycles. The molecule has 15 N–H and O–H groups in total. The number of amides is 1. The SMILES string of the molecule is NCC[C@H](O)C(=O)N[C@@H]1C[C@H](N)[C@@H](O[C@H]2O[C@H](CN)CC[C@H]2N)[C@@H](F)[C@H]1O[C@H]1O[C@H](CO)[C@H](O)[C@H](N)[C@H]1O. The highest BCUT2D eigenvalue weighted by Crippen LogP contribution is 2.33. The van der Waals surface area contributed by atoms with Crippen molar-refractivity contribution in [1.29, 1.82) is 0 Å². The summed E-state index contributed by atoms with van der Waals surface area (Å²) in [6.07, 6.45) is -12.3. The third-order valence-electron chi connectivity index (χ3n) is 7.32. The van der Waals surface area contributed by atoms with Gasteiger partial charge in [0, 0.05) is 12.6 Å². The molecule has 0 aromatic rings. The fraction of sp³-hybridized carbons (Fsp3) is 0.955. The molecule has 0 spiro atoms. The highest BCUT2D eigenvalue weighted by molar-refractivity contribution is 5.80. The number of alkyl halides is 1. The summed E-state index contributed by atoms with van der Waals surface area (Å²) >= 11 is 0. The number of aliphatic hydroxyl groups is 4. The fourth-order valence-electron chi connectivity index (χ4n) is 4.98. The van der Waals surface area contributed by atoms with E-state index in [1.807, 2.05) is 0 Å². The normalized spacial score (nSPS) is 44.9. The second-order valence-electron chi connectivity index (χ2n) is 10.1. The Balaban J connectivity index is 1.82. The second-order valence-corrected chi connectivity index (χ2v) is 10.1. The first-order valence-corrected chi connectivity index (χ1v) is 12.9. The second kappa shape index (κ2) is 14.0. The van der Waals surface area contributed by atoms with Gasteiger partial charge in [-0.2, -0.15) is 0 Å². The third kappa shape index (κ3) is 7.14. The summed E-state index contributed by atoms with van der Waals surface area (Å²) in [6, 6.07) is -3.89. The maximum Gasteiger partial charge on any atom is 0.249 e. The Morgan fingerprint density at radius 2 is 1.71 bits per heavy atom. The van der Waals surface area contributed by atoms with Crippen molar-refractivity contribution in [3.63, 3.8) is 0 Å². The Morgan fingerprint density at radius 3 is 2.34 bits per heavy atom. The van der Waals surface area contributed by atoms with Crippen LogP contribution in [0, 0.1) is 0 Å². The molecule has 2 aliphatic heterocycles. The molecule has 2 saturated heterocycles. The summed E-state index contributed by atoms with van der Waals surface area (Å²) in [6.45, 7) is -0.383. The molecule has 0 aromatic carbocycles. The molecule has 1 aliphatic carbocycles. The van der Waals surface area contributed by atoms with Crippen LogP contribution in [0.4, 0.5) is 4.39 Å². The van der Waals surface area contributed by atoms with Crippen LogP contribution in [0.15, 0.2) is 0 Å². The Labute approximate surface area is 220 Å². The standard InChI is InChI=1S/C22H43FN6O9/c23-14-18(37-21-9(26)2-1-8(6-25)35-21)10(27)5-11(29-20(34)12(31)3-4-24)19(14)38-22-17(33)15(28)16(32)13(7-30)36-22/h8-19,21-22,30-33H,1-7,24-28H2,(H,29,34)/t8-,9+,10-,11+,12-,13+,14+,15-,16-,17+,18+,19-,21+,22+/m0/s1. The van der Waals surface area contributed by atoms with E-state index < -0.39 is 92.1 Å². The van der Waals surface area contributed by atoms with Gasteiger partial charge in [-0.05, 0) is 32.2 Å². The molecular weight excluding hydrogens is 511 g/mol. The van der Waals surface area contributed by atoms with Gasteiger partial charge in [-0.25, -0.2) is 4.39 Å². The molecule has 0 bridgehead atoms. The lowest BCUT2D eigenvalue weighted by Crippen LogP contribution is -2.68. The smallest absolute Gasteiger partial charge is 0.249 e. The van der Waals surface area contributed by atoms with Crippen LogP contribution in [0.2, 0.25) is 0 Å². The average molecular weight is 555 g/mol. The number of carbonyl (C=O) groups excluding carboxylic acids is 1. The van der Waals surface area contributed by atoms with Crippen LogP contribution in [0.3, 0.4) is 0 Å². The Kier molecular flexibility index (Phi) is 11.6. The van der Waals surface area contributed by atoms with Crippen molar-refractivity contribution in [2.45, 2.75) is 111 Å². The van der Waals surface area contributed by atoms with Gasteiger partial charge in [-0.15, -0.1) is 0 Å². The molecule has 16 heteroatoms. The van der Waals surface area contributed by atoms with Gasteiger partial charge < -0.3 is 73.4 Å². The van der Waals surface area contributed by atoms with Crippen molar-refractivity contribution < 1.29 is 48.6 Å². The van der Waals surface area contributed by atoms with Crippen LogP contribution in [0.5, 0.6) is 0 Å². The third-order valence-corrected chi connectivity index (χ3v) is 7.32. The minimum atomic E-state index is -2.00. The van der Waals surface area contributed by atoms with Crippen molar-refractivity contribution in [3.05, 3.63) is 0 Å². The van der Waals surface area contributed by atoms with Crippen molar-refractivity contribution in [2.75, 3.05) is 19.7 Å². The number of halogens is 1. The first-order valence-electron chi connectivity index (χ1n) is 12.9. The monoisotopic (exact) mass is 554 g/mol. The molecule has 1 amide bonds. The quantitative estimate of drug-likeness (QED) is 0.121. The molecule has 38 heavy (non-hydrogen) atoms. The number of hydrogen-bond acceptors (Lipinski definition) is 14. The summed E-state index contributed by atoms with van der Waals surface area (Å²) in [5, 5.41) is 42.8. The lowest BCUT2D eigenvalue weighted by molar-refractivity contribution is -0.308. The maximum absolute atomic E-state index is 16.2. The molecule has 3 aliphatic rings. The van der Waals surface area contributed by atoms with E-state index in [0.717, 1.165) is 0 Å². The van der Waals surface area contributed by atoms with E-state index in [0.29, 0.717) is 12.8 Å². The lowest BCUT2D eigenvalue weighted by Gasteiger charge is -2.47. The average Bonchev–Trinajstić information content (AvgIpc) is 2.89. The number of nitrogens with one attached hydrogen (secondary N) is 1. The number of ether oxygens (including phenoxy) is 4. The van der Waals surface area contributed by atoms with E-state index in [9.17, 15) is 25.2 Å². The van der Waals surface area contributed by atoms with E-state index in [4.69, 9.17) is 47.6 Å². The molecule has 1 saturated carbocycles. The zero-order valence-electron chi connectivity index (χ0n) is 21.1. The summed E-state index contributed by atoms with van der Waals surface area (Å²) < 4.78 is 39.1. The first kappa shape index (κ1) is 31.4. The highest BCUT2D eigenvalue weighted by atomic mass is 19.1. The van der Waals surface area contributed by atoms with Crippen LogP contribution in [0.1, 0.15) is 25.7 Å². The largest absolute Gasteiger partial charge is 0.394 e. The van der Waals surface area contributed by atoms with Gasteiger partial charge in [-0.1, -0.05) is 0 Å². The van der Waals surface area contributed by atoms with E-state index in [2.05, 4.69) is 5.32 Å². The predicted octanol–water partition coefficient (Wildman–Crippen LogP) is -5.42. The number of rotatable bonds is 10. The van der Waals surface area contributed by atoms with Crippen molar-refractivity contribution in [1.82, 2.24) is 5.32 Å². The molecule has 0 unspecified atom stereocenters. The van der Waals surface area contributed by atoms with Gasteiger partial charge in [0.1, 0.15) is 36.6 Å². The molecule has 15 nitrogen and oxygen atoms in total. The number of nitrogens with two attached hydrogens (primary N) is 5. The molecule has 3 fully saturated rings. The van der Waals surface area contributed by atoms with Crippen LogP contribution in [-0.2, 0) is 23.7 Å². The van der Waals surface area contributed by atoms with Gasteiger partial charge >= 0.3 is 0 Å². The summed E-state index contributed by atoms with van der Waals surface area (Å²) in [7, 11) is 0. The van der Waals surface area contributed by atoms with E-state index >= 15 is 4.39 Å². The maximum atomic E-state index is 16.2. The topological polar surface area (TPSA) is 277 Å². The zero-order chi connectivity index (χ0) is 28.1. The number of aliphatic hydroxyl groups excluding tert-OH is 4. The fourth-order valence-corrected chi connectivity index (χ4v) is 4.98. The van der Waals surface area contributed by atoms with Gasteiger partial charge in [0.25, 0.3) is 0 Å². The lowest BCUT2D eigenvalue weighted by atomic mass is 9.84. The van der Waals surface area contributed by atoms with E-state index in [1.54, 1.807) is 0 Å². The molecular formula is C22H43FN6O9. The minimum absolute atomic E-state index is 0.0322. The number of hydrogen-bond donors (Lipinski definition) is 10. The zero-order valence-corrected chi connectivity index (χ0v) is 21.1. The Bertz CT molecular complexity index is 760. The van der Waals surface area contributed by atoms with Crippen LogP contribution < -0.4 is 34.0 Å². The van der Waals surface area contributed by atoms with Crippen molar-refractivity contribution >= 4 is 5.91 Å². The van der Waals surface area contributed by atoms with E-state index in [1.165, 1.54) is 0 Å². The summed E-state index contributed by atoms with van der Waals surface area (Å²) in [5.74, 6) is -0.818. The summed E-state index contributed by atoms with van der Waals surface area (Å²) in [4.78, 5) is 12.5. The molecule has 0 radical (unpaired) electrons. The summed E-state index contributed by atoms with van der Waals surface area (Å²) in [5.41, 5.74) is 29.4. The molecule has 222 valence electrons. The highest BCUT2D eigenvalue weighted by Gasteiger charge is 2.52.